The molecule has 0 unspecified atom stereocenters. The lowest BCUT2D eigenvalue weighted by atomic mass is 10.0. The number of methoxy groups -OCH3 is 1. The number of ether oxygens (including phenoxy) is 1. The molecule has 1 aliphatic rings. The predicted molar refractivity (Wildman–Crippen MR) is 132 cm³/mol. The van der Waals surface area contributed by atoms with Gasteiger partial charge in [-0.15, -0.1) is 0 Å². The summed E-state index contributed by atoms with van der Waals surface area (Å²) in [6.45, 7) is 0. The van der Waals surface area contributed by atoms with Gasteiger partial charge in [0.1, 0.15) is 6.04 Å². The van der Waals surface area contributed by atoms with E-state index in [0.29, 0.717) is 5.56 Å². The van der Waals surface area contributed by atoms with E-state index in [-0.39, 0.29) is 17.5 Å². The van der Waals surface area contributed by atoms with Gasteiger partial charge < -0.3 is 15.0 Å². The maximum Gasteiger partial charge on any atom is 0.333 e. The van der Waals surface area contributed by atoms with Crippen molar-refractivity contribution in [1.29, 1.82) is 0 Å². The molecule has 0 radical (unpaired) electrons. The molecule has 1 aromatic heterocycles. The van der Waals surface area contributed by atoms with Gasteiger partial charge in [-0.05, 0) is 23.8 Å². The van der Waals surface area contributed by atoms with Crippen molar-refractivity contribution in [2.75, 3.05) is 7.11 Å². The molecule has 8 nitrogen and oxygen atoms in total. The standard InChI is InChI=1S/C28H23N3O5/c1-36-28(35)24(21-16-29-22-14-8-7-11-18(21)22)30-25(32)23(15-17-9-3-2-4-10-17)31-26(33)19-12-5-6-13-20(19)27(31)34/h2-14,16,23-24,29H,15H2,1H3,(H,30,32)/t23-,24+/m0/s1. The summed E-state index contributed by atoms with van der Waals surface area (Å²) in [6.07, 6.45) is 1.72. The molecule has 5 rings (SSSR count). The van der Waals surface area contributed by atoms with E-state index in [2.05, 4.69) is 10.3 Å². The van der Waals surface area contributed by atoms with E-state index in [1.165, 1.54) is 7.11 Å². The topological polar surface area (TPSA) is 109 Å². The Morgan fingerprint density at radius 1 is 0.889 bits per heavy atom. The van der Waals surface area contributed by atoms with Gasteiger partial charge >= 0.3 is 5.97 Å². The number of hydrogen-bond acceptors (Lipinski definition) is 5. The van der Waals surface area contributed by atoms with Crippen LogP contribution in [0.3, 0.4) is 0 Å². The van der Waals surface area contributed by atoms with Gasteiger partial charge in [-0.2, -0.15) is 0 Å². The first kappa shape index (κ1) is 23.0. The van der Waals surface area contributed by atoms with Crippen LogP contribution >= 0.6 is 0 Å². The van der Waals surface area contributed by atoms with Crippen molar-refractivity contribution in [3.8, 4) is 0 Å². The molecule has 3 amide bonds. The number of carbonyl (C=O) groups is 4. The largest absolute Gasteiger partial charge is 0.467 e. The van der Waals surface area contributed by atoms with Crippen molar-refractivity contribution in [1.82, 2.24) is 15.2 Å². The molecular weight excluding hydrogens is 458 g/mol. The summed E-state index contributed by atoms with van der Waals surface area (Å²) in [5.74, 6) is -2.41. The number of hydrogen-bond donors (Lipinski definition) is 2. The first-order valence-corrected chi connectivity index (χ1v) is 11.4. The van der Waals surface area contributed by atoms with Crippen molar-refractivity contribution in [2.24, 2.45) is 0 Å². The highest BCUT2D eigenvalue weighted by molar-refractivity contribution is 6.23. The normalized spacial score (nSPS) is 14.4. The number of aromatic nitrogens is 1. The van der Waals surface area contributed by atoms with Crippen LogP contribution in [0.4, 0.5) is 0 Å². The van der Waals surface area contributed by atoms with Crippen LogP contribution in [0.5, 0.6) is 0 Å². The lowest BCUT2D eigenvalue weighted by Crippen LogP contribution is -2.52. The maximum absolute atomic E-state index is 13.8. The van der Waals surface area contributed by atoms with E-state index in [0.717, 1.165) is 21.4 Å². The van der Waals surface area contributed by atoms with E-state index in [1.807, 2.05) is 54.6 Å². The van der Waals surface area contributed by atoms with Crippen LogP contribution < -0.4 is 5.32 Å². The smallest absolute Gasteiger partial charge is 0.333 e. The Hall–Kier alpha value is -4.72. The molecule has 0 spiro atoms. The van der Waals surface area contributed by atoms with Gasteiger partial charge in [0.15, 0.2) is 6.04 Å². The predicted octanol–water partition coefficient (Wildman–Crippen LogP) is 3.41. The molecule has 0 saturated carbocycles. The Labute approximate surface area is 206 Å². The molecule has 0 bridgehead atoms. The van der Waals surface area contributed by atoms with Crippen LogP contribution in [0.25, 0.3) is 10.9 Å². The van der Waals surface area contributed by atoms with Crippen molar-refractivity contribution in [2.45, 2.75) is 18.5 Å². The zero-order chi connectivity index (χ0) is 25.2. The minimum Gasteiger partial charge on any atom is -0.467 e. The number of aromatic amines is 1. The van der Waals surface area contributed by atoms with E-state index in [1.54, 1.807) is 30.5 Å². The second-order valence-corrected chi connectivity index (χ2v) is 8.49. The third-order valence-electron chi connectivity index (χ3n) is 6.37. The summed E-state index contributed by atoms with van der Waals surface area (Å²) < 4.78 is 4.99. The van der Waals surface area contributed by atoms with E-state index >= 15 is 0 Å². The molecule has 180 valence electrons. The zero-order valence-electron chi connectivity index (χ0n) is 19.4. The quantitative estimate of drug-likeness (QED) is 0.311. The van der Waals surface area contributed by atoms with Gasteiger partial charge in [-0.3, -0.25) is 19.3 Å². The molecule has 2 heterocycles. The number of para-hydroxylation sites is 1. The molecule has 2 N–H and O–H groups in total. The van der Waals surface area contributed by atoms with Crippen molar-refractivity contribution >= 4 is 34.6 Å². The Kier molecular flexibility index (Phi) is 6.08. The van der Waals surface area contributed by atoms with Crippen LogP contribution in [0.1, 0.15) is 37.9 Å². The second kappa shape index (κ2) is 9.50. The van der Waals surface area contributed by atoms with Crippen LogP contribution in [0, 0.1) is 0 Å². The summed E-state index contributed by atoms with van der Waals surface area (Å²) in [5.41, 5.74) is 2.56. The molecular formula is C28H23N3O5. The average molecular weight is 482 g/mol. The van der Waals surface area contributed by atoms with Gasteiger partial charge in [0.25, 0.3) is 11.8 Å². The fourth-order valence-corrected chi connectivity index (χ4v) is 4.58. The van der Waals surface area contributed by atoms with Crippen LogP contribution in [-0.4, -0.2) is 46.7 Å². The number of imide groups is 1. The van der Waals surface area contributed by atoms with Crippen molar-refractivity contribution < 1.29 is 23.9 Å². The summed E-state index contributed by atoms with van der Waals surface area (Å²) >= 11 is 0. The van der Waals surface area contributed by atoms with E-state index in [9.17, 15) is 19.2 Å². The highest BCUT2D eigenvalue weighted by atomic mass is 16.5. The number of carbonyl (C=O) groups excluding carboxylic acids is 4. The molecule has 1 aliphatic heterocycles. The molecule has 3 aromatic carbocycles. The Balaban J connectivity index is 1.52. The van der Waals surface area contributed by atoms with Crippen molar-refractivity contribution in [3.63, 3.8) is 0 Å². The number of amides is 3. The fraction of sp³-hybridized carbons (Fsp3) is 0.143. The highest BCUT2D eigenvalue weighted by Crippen LogP contribution is 2.28. The summed E-state index contributed by atoms with van der Waals surface area (Å²) in [4.78, 5) is 57.1. The molecule has 0 fully saturated rings. The van der Waals surface area contributed by atoms with Gasteiger partial charge in [-0.1, -0.05) is 60.7 Å². The van der Waals surface area contributed by atoms with Crippen LogP contribution in [0.2, 0.25) is 0 Å². The van der Waals surface area contributed by atoms with E-state index < -0.39 is 35.8 Å². The number of fused-ring (bicyclic) bond motifs is 2. The average Bonchev–Trinajstić information content (AvgIpc) is 3.45. The van der Waals surface area contributed by atoms with Crippen LogP contribution in [0.15, 0.2) is 85.1 Å². The minimum absolute atomic E-state index is 0.0833. The lowest BCUT2D eigenvalue weighted by Gasteiger charge is -2.27. The lowest BCUT2D eigenvalue weighted by molar-refractivity contribution is -0.145. The van der Waals surface area contributed by atoms with Crippen LogP contribution in [-0.2, 0) is 20.7 Å². The zero-order valence-corrected chi connectivity index (χ0v) is 19.4. The summed E-state index contributed by atoms with van der Waals surface area (Å²) in [7, 11) is 1.24. The van der Waals surface area contributed by atoms with Gasteiger partial charge in [0.05, 0.1) is 18.2 Å². The highest BCUT2D eigenvalue weighted by Gasteiger charge is 2.43. The monoisotopic (exact) mass is 481 g/mol. The number of nitrogens with one attached hydrogen (secondary N) is 2. The SMILES string of the molecule is COC(=O)[C@H](NC(=O)[C@H](Cc1ccccc1)N1C(=O)c2ccccc2C1=O)c1c[nH]c2ccccc12. The molecule has 36 heavy (non-hydrogen) atoms. The minimum atomic E-state index is -1.18. The van der Waals surface area contributed by atoms with Gasteiger partial charge in [-0.25, -0.2) is 4.79 Å². The second-order valence-electron chi connectivity index (χ2n) is 8.49. The summed E-state index contributed by atoms with van der Waals surface area (Å²) in [6, 6.07) is 20.6. The van der Waals surface area contributed by atoms with Gasteiger partial charge in [0, 0.05) is 29.1 Å². The summed E-state index contributed by atoms with van der Waals surface area (Å²) in [5, 5.41) is 3.49. The Bertz CT molecular complexity index is 1440. The molecule has 0 saturated heterocycles. The number of benzene rings is 3. The molecule has 2 atom stereocenters. The number of esters is 1. The van der Waals surface area contributed by atoms with E-state index in [4.69, 9.17) is 4.74 Å². The molecule has 4 aromatic rings. The number of H-pyrrole nitrogens is 1. The first-order valence-electron chi connectivity index (χ1n) is 11.4. The third-order valence-corrected chi connectivity index (χ3v) is 6.37. The third kappa shape index (κ3) is 4.02. The number of rotatable bonds is 7. The fourth-order valence-electron chi connectivity index (χ4n) is 4.58. The molecule has 0 aliphatic carbocycles. The van der Waals surface area contributed by atoms with Crippen molar-refractivity contribution in [3.05, 3.63) is 107 Å². The Morgan fingerprint density at radius 2 is 1.50 bits per heavy atom. The Morgan fingerprint density at radius 3 is 2.17 bits per heavy atom. The maximum atomic E-state index is 13.8. The molecule has 8 heteroatoms. The van der Waals surface area contributed by atoms with Gasteiger partial charge in [0.2, 0.25) is 5.91 Å². The number of nitrogens with zero attached hydrogens (tertiary/aromatic N) is 1. The first-order chi connectivity index (χ1) is 17.5.